The molecule has 2 aromatic carbocycles. The highest BCUT2D eigenvalue weighted by Gasteiger charge is 2.03. The molecule has 0 bridgehead atoms. The molecule has 2 aromatic rings. The predicted molar refractivity (Wildman–Crippen MR) is 54.6 cm³/mol. The van der Waals surface area contributed by atoms with Gasteiger partial charge in [0, 0.05) is 5.39 Å². The third-order valence-electron chi connectivity index (χ3n) is 2.00. The third-order valence-corrected chi connectivity index (χ3v) is 2.00. The molecule has 0 aliphatic heterocycles. The first kappa shape index (κ1) is 8.50. The van der Waals surface area contributed by atoms with Gasteiger partial charge in [-0.15, -0.1) is 5.43 Å². The summed E-state index contributed by atoms with van der Waals surface area (Å²) in [7, 11) is 0. The Labute approximate surface area is 80.3 Å². The first-order valence-electron chi connectivity index (χ1n) is 4.16. The minimum absolute atomic E-state index is 0.521. The Morgan fingerprint density at radius 1 is 1.07 bits per heavy atom. The first-order chi connectivity index (χ1) is 6.77. The van der Waals surface area contributed by atoms with Crippen molar-refractivity contribution in [3.8, 4) is 0 Å². The molecular formula is C10H8N2O2. The van der Waals surface area contributed by atoms with Gasteiger partial charge < -0.3 is 0 Å². The van der Waals surface area contributed by atoms with E-state index in [2.05, 4.69) is 5.43 Å². The van der Waals surface area contributed by atoms with Gasteiger partial charge in [0.05, 0.1) is 0 Å². The van der Waals surface area contributed by atoms with Crippen LogP contribution in [0.1, 0.15) is 0 Å². The molecule has 0 heterocycles. The predicted octanol–water partition coefficient (Wildman–Crippen LogP) is 2.44. The Balaban J connectivity index is 2.59. The number of nitrogens with one attached hydrogen (secondary N) is 1. The van der Waals surface area contributed by atoms with Crippen LogP contribution < -0.4 is 5.43 Å². The van der Waals surface area contributed by atoms with Crippen LogP contribution in [0.15, 0.2) is 42.5 Å². The standard InChI is InChI=1S/C10H8N2O2/c13-12(14)11-10-7-3-5-8-4-1-2-6-9(8)10/h1-7,11H. The van der Waals surface area contributed by atoms with Crippen LogP contribution >= 0.6 is 0 Å². The van der Waals surface area contributed by atoms with E-state index in [4.69, 9.17) is 0 Å². The Bertz CT molecular complexity index is 477. The quantitative estimate of drug-likeness (QED) is 0.581. The first-order valence-corrected chi connectivity index (χ1v) is 4.16. The summed E-state index contributed by atoms with van der Waals surface area (Å²) in [6, 6.07) is 12.9. The lowest BCUT2D eigenvalue weighted by Gasteiger charge is -2.02. The van der Waals surface area contributed by atoms with Crippen LogP contribution in [0.25, 0.3) is 10.8 Å². The molecule has 0 fully saturated rings. The van der Waals surface area contributed by atoms with E-state index in [0.29, 0.717) is 5.69 Å². The van der Waals surface area contributed by atoms with E-state index in [1.165, 1.54) is 0 Å². The topological polar surface area (TPSA) is 55.2 Å². The van der Waals surface area contributed by atoms with E-state index in [-0.39, 0.29) is 0 Å². The molecule has 4 heteroatoms. The molecular weight excluding hydrogens is 180 g/mol. The van der Waals surface area contributed by atoms with Crippen LogP contribution in [0.2, 0.25) is 0 Å². The van der Waals surface area contributed by atoms with Crippen molar-refractivity contribution in [1.82, 2.24) is 0 Å². The summed E-state index contributed by atoms with van der Waals surface area (Å²) >= 11 is 0. The molecule has 2 rings (SSSR count). The van der Waals surface area contributed by atoms with E-state index >= 15 is 0 Å². The fraction of sp³-hybridized carbons (Fsp3) is 0. The molecule has 0 unspecified atom stereocenters. The summed E-state index contributed by atoms with van der Waals surface area (Å²) < 4.78 is 0. The zero-order valence-corrected chi connectivity index (χ0v) is 7.31. The molecule has 0 aliphatic carbocycles. The number of hydrogen-bond donors (Lipinski definition) is 1. The van der Waals surface area contributed by atoms with Gasteiger partial charge >= 0.3 is 0 Å². The summed E-state index contributed by atoms with van der Waals surface area (Å²) in [5, 5.41) is 11.6. The Kier molecular flexibility index (Phi) is 2.02. The molecule has 70 valence electrons. The second-order valence-corrected chi connectivity index (χ2v) is 2.90. The van der Waals surface area contributed by atoms with Crippen molar-refractivity contribution >= 4 is 16.5 Å². The summed E-state index contributed by atoms with van der Waals surface area (Å²) in [4.78, 5) is 10.3. The molecule has 0 aliphatic rings. The van der Waals surface area contributed by atoms with Crippen LogP contribution in [-0.4, -0.2) is 5.03 Å². The minimum Gasteiger partial charge on any atom is -0.235 e. The molecule has 1 N–H and O–H groups in total. The van der Waals surface area contributed by atoms with Crippen molar-refractivity contribution in [2.24, 2.45) is 0 Å². The van der Waals surface area contributed by atoms with E-state index < -0.39 is 5.03 Å². The minimum atomic E-state index is -0.554. The van der Waals surface area contributed by atoms with Crippen LogP contribution in [0.3, 0.4) is 0 Å². The molecule has 4 nitrogen and oxygen atoms in total. The molecule has 14 heavy (non-hydrogen) atoms. The van der Waals surface area contributed by atoms with Gasteiger partial charge in [0.25, 0.3) is 0 Å². The Morgan fingerprint density at radius 2 is 1.79 bits per heavy atom. The zero-order chi connectivity index (χ0) is 9.97. The van der Waals surface area contributed by atoms with E-state index in [1.54, 1.807) is 12.1 Å². The van der Waals surface area contributed by atoms with Gasteiger partial charge in [-0.1, -0.05) is 36.4 Å². The lowest BCUT2D eigenvalue weighted by molar-refractivity contribution is -0.445. The van der Waals surface area contributed by atoms with Crippen LogP contribution in [-0.2, 0) is 0 Å². The number of hydrazine groups is 1. The van der Waals surface area contributed by atoms with Gasteiger partial charge in [-0.2, -0.15) is 0 Å². The highest BCUT2D eigenvalue weighted by molar-refractivity contribution is 5.93. The number of fused-ring (bicyclic) bond motifs is 1. The van der Waals surface area contributed by atoms with E-state index in [1.807, 2.05) is 30.3 Å². The van der Waals surface area contributed by atoms with Crippen molar-refractivity contribution in [2.45, 2.75) is 0 Å². The van der Waals surface area contributed by atoms with E-state index in [0.717, 1.165) is 10.8 Å². The SMILES string of the molecule is O=[N+]([O-])Nc1cccc2ccccc12. The average Bonchev–Trinajstić information content (AvgIpc) is 2.18. The van der Waals surface area contributed by atoms with Gasteiger partial charge in [-0.25, -0.2) is 10.1 Å². The summed E-state index contributed by atoms with van der Waals surface area (Å²) in [5.41, 5.74) is 2.69. The molecule has 0 atom stereocenters. The van der Waals surface area contributed by atoms with Crippen molar-refractivity contribution in [3.05, 3.63) is 52.6 Å². The molecule has 0 aromatic heterocycles. The number of anilines is 1. The smallest absolute Gasteiger partial charge is 0.162 e. The average molecular weight is 188 g/mol. The maximum Gasteiger partial charge on any atom is 0.162 e. The van der Waals surface area contributed by atoms with Crippen LogP contribution in [0, 0.1) is 10.1 Å². The van der Waals surface area contributed by atoms with E-state index in [9.17, 15) is 10.1 Å². The van der Waals surface area contributed by atoms with Crippen molar-refractivity contribution < 1.29 is 5.03 Å². The number of nitrogens with zero attached hydrogens (tertiary/aromatic N) is 1. The summed E-state index contributed by atoms with van der Waals surface area (Å²) in [6.07, 6.45) is 0. The molecule has 0 amide bonds. The maximum atomic E-state index is 10.3. The van der Waals surface area contributed by atoms with Crippen molar-refractivity contribution in [3.63, 3.8) is 0 Å². The summed E-state index contributed by atoms with van der Waals surface area (Å²) in [5.74, 6) is 0. The second-order valence-electron chi connectivity index (χ2n) is 2.90. The number of benzene rings is 2. The van der Waals surface area contributed by atoms with Gasteiger partial charge in [0.2, 0.25) is 0 Å². The fourth-order valence-electron chi connectivity index (χ4n) is 1.42. The van der Waals surface area contributed by atoms with Gasteiger partial charge in [-0.3, -0.25) is 0 Å². The maximum absolute atomic E-state index is 10.3. The van der Waals surface area contributed by atoms with Crippen molar-refractivity contribution in [1.29, 1.82) is 0 Å². The fourth-order valence-corrected chi connectivity index (χ4v) is 1.42. The highest BCUT2D eigenvalue weighted by atomic mass is 16.7. The van der Waals surface area contributed by atoms with Gasteiger partial charge in [-0.05, 0) is 11.5 Å². The number of nitro groups is 1. The molecule has 0 spiro atoms. The largest absolute Gasteiger partial charge is 0.235 e. The van der Waals surface area contributed by atoms with Gasteiger partial charge in [0.15, 0.2) is 5.03 Å². The highest BCUT2D eigenvalue weighted by Crippen LogP contribution is 2.22. The second kappa shape index (κ2) is 3.33. The monoisotopic (exact) mass is 188 g/mol. The Morgan fingerprint density at radius 3 is 2.57 bits per heavy atom. The van der Waals surface area contributed by atoms with Crippen LogP contribution in [0.4, 0.5) is 5.69 Å². The third kappa shape index (κ3) is 1.50. The number of rotatable bonds is 2. The van der Waals surface area contributed by atoms with Gasteiger partial charge in [0.1, 0.15) is 5.69 Å². The lowest BCUT2D eigenvalue weighted by Crippen LogP contribution is -2.07. The molecule has 0 saturated carbocycles. The normalized spacial score (nSPS) is 10.0. The zero-order valence-electron chi connectivity index (χ0n) is 7.31. The summed E-state index contributed by atoms with van der Waals surface area (Å²) in [6.45, 7) is 0. The van der Waals surface area contributed by atoms with Crippen molar-refractivity contribution in [2.75, 3.05) is 5.43 Å². The van der Waals surface area contributed by atoms with Crippen LogP contribution in [0.5, 0.6) is 0 Å². The lowest BCUT2D eigenvalue weighted by atomic mass is 10.1. The number of hydrogen-bond acceptors (Lipinski definition) is 2. The molecule has 0 saturated heterocycles. The Hall–Kier alpha value is -2.10. The molecule has 0 radical (unpaired) electrons.